The summed E-state index contributed by atoms with van der Waals surface area (Å²) in [6.45, 7) is 0.451. The minimum Gasteiger partial charge on any atom is -0.486 e. The Kier molecular flexibility index (Phi) is 4.44. The van der Waals surface area contributed by atoms with Crippen molar-refractivity contribution >= 4 is 23.2 Å². The third kappa shape index (κ3) is 3.68. The molecule has 0 bridgehead atoms. The molecule has 0 fully saturated rings. The summed E-state index contributed by atoms with van der Waals surface area (Å²) in [5.41, 5.74) is 0.626. The fourth-order valence-electron chi connectivity index (χ4n) is 2.17. The highest BCUT2D eigenvalue weighted by Crippen LogP contribution is 2.31. The van der Waals surface area contributed by atoms with Gasteiger partial charge < -0.3 is 14.8 Å². The molecule has 5 nitrogen and oxygen atoms in total. The lowest BCUT2D eigenvalue weighted by Crippen LogP contribution is -2.30. The second-order valence-corrected chi connectivity index (χ2v) is 5.34. The highest BCUT2D eigenvalue weighted by atomic mass is 35.5. The molecule has 22 heavy (non-hydrogen) atoms. The van der Waals surface area contributed by atoms with E-state index in [1.165, 1.54) is 6.20 Å². The topological polar surface area (TPSA) is 60.5 Å². The predicted molar refractivity (Wildman–Crippen MR) is 83.5 cm³/mol. The molecule has 0 spiro atoms. The SMILES string of the molecule is O=C(CCC1COc2ccccc2O1)Nc1ccc(Cl)nc1. The molecule has 1 unspecified atom stereocenters. The van der Waals surface area contributed by atoms with Crippen molar-refractivity contribution in [3.8, 4) is 11.5 Å². The van der Waals surface area contributed by atoms with Gasteiger partial charge in [0, 0.05) is 6.42 Å². The Bertz CT molecular complexity index is 661. The van der Waals surface area contributed by atoms with Crippen LogP contribution in [0.15, 0.2) is 42.6 Å². The zero-order chi connectivity index (χ0) is 15.4. The van der Waals surface area contributed by atoms with E-state index < -0.39 is 0 Å². The Morgan fingerprint density at radius 3 is 2.86 bits per heavy atom. The van der Waals surface area contributed by atoms with E-state index in [-0.39, 0.29) is 12.0 Å². The third-order valence-electron chi connectivity index (χ3n) is 3.27. The normalized spacial score (nSPS) is 16.1. The van der Waals surface area contributed by atoms with Crippen molar-refractivity contribution in [3.63, 3.8) is 0 Å². The summed E-state index contributed by atoms with van der Waals surface area (Å²) in [7, 11) is 0. The largest absolute Gasteiger partial charge is 0.486 e. The molecule has 1 aromatic carbocycles. The van der Waals surface area contributed by atoms with E-state index in [1.54, 1.807) is 12.1 Å². The summed E-state index contributed by atoms with van der Waals surface area (Å²) in [5, 5.41) is 3.16. The van der Waals surface area contributed by atoms with E-state index in [2.05, 4.69) is 10.3 Å². The van der Waals surface area contributed by atoms with E-state index in [0.717, 1.165) is 11.5 Å². The van der Waals surface area contributed by atoms with Crippen LogP contribution >= 0.6 is 11.6 Å². The van der Waals surface area contributed by atoms with Gasteiger partial charge in [-0.15, -0.1) is 0 Å². The lowest BCUT2D eigenvalue weighted by molar-refractivity contribution is -0.116. The lowest BCUT2D eigenvalue weighted by Gasteiger charge is -2.26. The lowest BCUT2D eigenvalue weighted by atomic mass is 10.1. The van der Waals surface area contributed by atoms with Gasteiger partial charge in [0.2, 0.25) is 5.91 Å². The Hall–Kier alpha value is -2.27. The summed E-state index contributed by atoms with van der Waals surface area (Å²) in [6, 6.07) is 10.9. The quantitative estimate of drug-likeness (QED) is 0.879. The monoisotopic (exact) mass is 318 g/mol. The van der Waals surface area contributed by atoms with Crippen LogP contribution in [-0.4, -0.2) is 23.6 Å². The number of hydrogen-bond donors (Lipinski definition) is 1. The summed E-state index contributed by atoms with van der Waals surface area (Å²) in [4.78, 5) is 15.8. The van der Waals surface area contributed by atoms with Crippen molar-refractivity contribution < 1.29 is 14.3 Å². The number of aromatic nitrogens is 1. The number of nitrogens with one attached hydrogen (secondary N) is 1. The van der Waals surface area contributed by atoms with Gasteiger partial charge in [0.05, 0.1) is 11.9 Å². The maximum absolute atomic E-state index is 11.9. The first-order chi connectivity index (χ1) is 10.7. The van der Waals surface area contributed by atoms with Crippen molar-refractivity contribution in [2.45, 2.75) is 18.9 Å². The van der Waals surface area contributed by atoms with Crippen molar-refractivity contribution in [1.29, 1.82) is 0 Å². The Morgan fingerprint density at radius 2 is 2.09 bits per heavy atom. The number of benzene rings is 1. The molecule has 0 saturated carbocycles. The van der Waals surface area contributed by atoms with Crippen molar-refractivity contribution in [3.05, 3.63) is 47.7 Å². The van der Waals surface area contributed by atoms with Crippen LogP contribution in [0.2, 0.25) is 5.15 Å². The number of anilines is 1. The van der Waals surface area contributed by atoms with Gasteiger partial charge in [-0.1, -0.05) is 23.7 Å². The Morgan fingerprint density at radius 1 is 1.27 bits per heavy atom. The number of amides is 1. The summed E-state index contributed by atoms with van der Waals surface area (Å²) < 4.78 is 11.4. The zero-order valence-electron chi connectivity index (χ0n) is 11.8. The number of para-hydroxylation sites is 2. The van der Waals surface area contributed by atoms with E-state index in [0.29, 0.717) is 30.3 Å². The number of pyridine rings is 1. The molecule has 1 amide bonds. The van der Waals surface area contributed by atoms with Crippen molar-refractivity contribution in [1.82, 2.24) is 4.98 Å². The molecule has 2 aromatic rings. The Labute approximate surface area is 133 Å². The number of carbonyl (C=O) groups excluding carboxylic acids is 1. The molecule has 0 saturated heterocycles. The molecule has 1 atom stereocenters. The minimum atomic E-state index is -0.121. The van der Waals surface area contributed by atoms with E-state index in [9.17, 15) is 4.79 Å². The van der Waals surface area contributed by atoms with E-state index in [4.69, 9.17) is 21.1 Å². The van der Waals surface area contributed by atoms with Crippen molar-refractivity contribution in [2.24, 2.45) is 0 Å². The number of carbonyl (C=O) groups is 1. The summed E-state index contributed by atoms with van der Waals surface area (Å²) in [6.07, 6.45) is 2.33. The smallest absolute Gasteiger partial charge is 0.224 e. The molecule has 1 N–H and O–H groups in total. The van der Waals surface area contributed by atoms with Crippen LogP contribution in [-0.2, 0) is 4.79 Å². The zero-order valence-corrected chi connectivity index (χ0v) is 12.5. The molecule has 3 rings (SSSR count). The average molecular weight is 319 g/mol. The second-order valence-electron chi connectivity index (χ2n) is 4.95. The number of halogens is 1. The standard InChI is InChI=1S/C16H15ClN2O3/c17-15-7-5-11(9-18-15)19-16(20)8-6-12-10-21-13-3-1-2-4-14(13)22-12/h1-5,7,9,12H,6,8,10H2,(H,19,20). The van der Waals surface area contributed by atoms with Crippen LogP contribution in [0.25, 0.3) is 0 Å². The first-order valence-corrected chi connectivity index (χ1v) is 7.38. The molecule has 0 aliphatic carbocycles. The summed E-state index contributed by atoms with van der Waals surface area (Å²) in [5.74, 6) is 1.38. The number of ether oxygens (including phenoxy) is 2. The second kappa shape index (κ2) is 6.66. The molecule has 1 aliphatic heterocycles. The molecule has 114 valence electrons. The van der Waals surface area contributed by atoms with Gasteiger partial charge in [-0.2, -0.15) is 0 Å². The minimum absolute atomic E-state index is 0.0911. The van der Waals surface area contributed by atoms with Gasteiger partial charge in [0.25, 0.3) is 0 Å². The molecule has 0 radical (unpaired) electrons. The molecule has 1 aromatic heterocycles. The molecule has 6 heteroatoms. The van der Waals surface area contributed by atoms with Crippen LogP contribution in [0.4, 0.5) is 5.69 Å². The Balaban J connectivity index is 1.49. The van der Waals surface area contributed by atoms with Gasteiger partial charge in [-0.3, -0.25) is 4.79 Å². The number of hydrogen-bond acceptors (Lipinski definition) is 4. The predicted octanol–water partition coefficient (Wildman–Crippen LogP) is 3.29. The molecular formula is C16H15ClN2O3. The van der Waals surface area contributed by atoms with Gasteiger partial charge in [-0.05, 0) is 30.7 Å². The van der Waals surface area contributed by atoms with Gasteiger partial charge >= 0.3 is 0 Å². The highest BCUT2D eigenvalue weighted by Gasteiger charge is 2.21. The number of nitrogens with zero attached hydrogens (tertiary/aromatic N) is 1. The van der Waals surface area contributed by atoms with Crippen LogP contribution in [0.1, 0.15) is 12.8 Å². The number of rotatable bonds is 4. The van der Waals surface area contributed by atoms with Crippen LogP contribution in [0.5, 0.6) is 11.5 Å². The fraction of sp³-hybridized carbons (Fsp3) is 0.250. The van der Waals surface area contributed by atoms with Crippen molar-refractivity contribution in [2.75, 3.05) is 11.9 Å². The van der Waals surface area contributed by atoms with E-state index >= 15 is 0 Å². The van der Waals surface area contributed by atoms with Gasteiger partial charge in [0.15, 0.2) is 11.5 Å². The fourth-order valence-corrected chi connectivity index (χ4v) is 2.28. The summed E-state index contributed by atoms with van der Waals surface area (Å²) >= 11 is 5.70. The van der Waals surface area contributed by atoms with Crippen LogP contribution < -0.4 is 14.8 Å². The molecular weight excluding hydrogens is 304 g/mol. The van der Waals surface area contributed by atoms with Crippen LogP contribution in [0, 0.1) is 0 Å². The molecule has 1 aliphatic rings. The highest BCUT2D eigenvalue weighted by molar-refractivity contribution is 6.29. The maximum Gasteiger partial charge on any atom is 0.224 e. The average Bonchev–Trinajstić information content (AvgIpc) is 2.55. The number of fused-ring (bicyclic) bond motifs is 1. The first kappa shape index (κ1) is 14.7. The van der Waals surface area contributed by atoms with Gasteiger partial charge in [-0.25, -0.2) is 4.98 Å². The first-order valence-electron chi connectivity index (χ1n) is 7.00. The maximum atomic E-state index is 11.9. The van der Waals surface area contributed by atoms with E-state index in [1.807, 2.05) is 24.3 Å². The van der Waals surface area contributed by atoms with Gasteiger partial charge in [0.1, 0.15) is 17.9 Å². The molecule has 2 heterocycles. The third-order valence-corrected chi connectivity index (χ3v) is 3.50. The van der Waals surface area contributed by atoms with Crippen LogP contribution in [0.3, 0.4) is 0 Å².